The number of halogens is 2. The summed E-state index contributed by atoms with van der Waals surface area (Å²) in [4.78, 5) is 31.6. The minimum Gasteiger partial charge on any atom is -0.489 e. The van der Waals surface area contributed by atoms with Crippen LogP contribution in [0, 0.1) is 0 Å². The minimum atomic E-state index is -0.540. The molecule has 0 bridgehead atoms. The van der Waals surface area contributed by atoms with Crippen LogP contribution in [0.15, 0.2) is 48.8 Å². The van der Waals surface area contributed by atoms with Gasteiger partial charge in [-0.1, -0.05) is 35.3 Å². The van der Waals surface area contributed by atoms with Crippen molar-refractivity contribution in [2.24, 2.45) is 0 Å². The number of esters is 1. The molecule has 0 unspecified atom stereocenters. The van der Waals surface area contributed by atoms with Crippen molar-refractivity contribution in [2.45, 2.75) is 58.3 Å². The zero-order chi connectivity index (χ0) is 30.9. The molecule has 1 atom stereocenters. The number of hydrogen-bond acceptors (Lipinski definition) is 8. The Labute approximate surface area is 264 Å². The fraction of sp³-hybridized carbons (Fsp3) is 0.387. The molecule has 0 radical (unpaired) electrons. The molecule has 1 aliphatic heterocycles. The lowest BCUT2D eigenvalue weighted by Crippen LogP contribution is -2.44. The lowest BCUT2D eigenvalue weighted by atomic mass is 10.1. The van der Waals surface area contributed by atoms with Crippen molar-refractivity contribution in [1.29, 1.82) is 0 Å². The Kier molecular flexibility index (Phi) is 9.10. The van der Waals surface area contributed by atoms with Crippen LogP contribution < -0.4 is 9.47 Å². The van der Waals surface area contributed by atoms with Crippen LogP contribution in [0.4, 0.5) is 4.79 Å². The van der Waals surface area contributed by atoms with Crippen LogP contribution in [0.3, 0.4) is 0 Å². The van der Waals surface area contributed by atoms with E-state index in [2.05, 4.69) is 4.98 Å². The van der Waals surface area contributed by atoms with E-state index in [-0.39, 0.29) is 12.2 Å². The van der Waals surface area contributed by atoms with Gasteiger partial charge in [0.05, 0.1) is 23.2 Å². The molecule has 1 saturated heterocycles. The Morgan fingerprint density at radius 3 is 2.51 bits per heavy atom. The predicted molar refractivity (Wildman–Crippen MR) is 167 cm³/mol. The number of carbonyl (C=O) groups is 2. The van der Waals surface area contributed by atoms with Crippen LogP contribution in [0.25, 0.3) is 16.0 Å². The molecule has 1 fully saturated rings. The number of nitrogens with zero attached hydrogens (tertiary/aromatic N) is 3. The van der Waals surface area contributed by atoms with Crippen LogP contribution in [-0.2, 0) is 9.47 Å². The highest BCUT2D eigenvalue weighted by Crippen LogP contribution is 2.40. The first-order valence-electron chi connectivity index (χ1n) is 13.9. The van der Waals surface area contributed by atoms with Crippen LogP contribution in [0.1, 0.15) is 61.9 Å². The molecule has 0 N–H and O–H groups in total. The summed E-state index contributed by atoms with van der Waals surface area (Å²) in [6.07, 6.45) is 2.05. The molecule has 2 aromatic heterocycles. The van der Waals surface area contributed by atoms with Gasteiger partial charge in [-0.3, -0.25) is 4.57 Å². The van der Waals surface area contributed by atoms with E-state index in [0.29, 0.717) is 57.9 Å². The molecule has 2 aromatic carbocycles. The number of fused-ring (bicyclic) bond motifs is 1. The van der Waals surface area contributed by atoms with E-state index in [0.717, 1.165) is 16.0 Å². The topological polar surface area (TPSA) is 92.1 Å². The summed E-state index contributed by atoms with van der Waals surface area (Å²) in [5, 5.41) is 1.75. The normalized spacial score (nSPS) is 14.9. The summed E-state index contributed by atoms with van der Waals surface area (Å²) < 4.78 is 25.0. The molecular formula is C31H33Cl2N3O6S. The predicted octanol–water partition coefficient (Wildman–Crippen LogP) is 8.10. The first-order chi connectivity index (χ1) is 20.4. The Hall–Kier alpha value is -3.47. The van der Waals surface area contributed by atoms with E-state index in [1.165, 1.54) is 18.4 Å². The van der Waals surface area contributed by atoms with Crippen LogP contribution >= 0.6 is 34.5 Å². The maximum atomic E-state index is 12.7. The monoisotopic (exact) mass is 645 g/mol. The Balaban J connectivity index is 1.31. The van der Waals surface area contributed by atoms with Crippen LogP contribution in [0.5, 0.6) is 11.5 Å². The molecule has 0 saturated carbocycles. The van der Waals surface area contributed by atoms with E-state index >= 15 is 0 Å². The first-order valence-corrected chi connectivity index (χ1v) is 15.5. The van der Waals surface area contributed by atoms with E-state index in [9.17, 15) is 9.59 Å². The molecule has 228 valence electrons. The Bertz CT molecular complexity index is 1640. The van der Waals surface area contributed by atoms with Gasteiger partial charge in [-0.15, -0.1) is 11.3 Å². The van der Waals surface area contributed by atoms with Crippen molar-refractivity contribution in [3.63, 3.8) is 0 Å². The number of amides is 1. The van der Waals surface area contributed by atoms with Gasteiger partial charge in [0.1, 0.15) is 40.6 Å². The number of rotatable bonds is 7. The van der Waals surface area contributed by atoms with Gasteiger partial charge in [0, 0.05) is 42.6 Å². The van der Waals surface area contributed by atoms with Crippen molar-refractivity contribution in [1.82, 2.24) is 14.5 Å². The number of ether oxygens (including phenoxy) is 4. The summed E-state index contributed by atoms with van der Waals surface area (Å²) in [5.41, 5.74) is 1.74. The second-order valence-corrected chi connectivity index (χ2v) is 13.1. The molecule has 9 nitrogen and oxygen atoms in total. The zero-order valence-electron chi connectivity index (χ0n) is 24.6. The third-order valence-electron chi connectivity index (χ3n) is 6.92. The second-order valence-electron chi connectivity index (χ2n) is 11.2. The SMILES string of the molecule is COC(=O)c1sc(-n2cnc3cc(Cl)ccc32)cc1O[C@H](C)c1cccc(OC2CCN(C(=O)OC(C)(C)C)CC2)c1Cl. The van der Waals surface area contributed by atoms with Crippen LogP contribution in [-0.4, -0.2) is 58.4 Å². The lowest BCUT2D eigenvalue weighted by molar-refractivity contribution is 0.0126. The number of carbonyl (C=O) groups excluding carboxylic acids is 2. The third kappa shape index (κ3) is 7.03. The van der Waals surface area contributed by atoms with Gasteiger partial charge in [-0.2, -0.15) is 0 Å². The summed E-state index contributed by atoms with van der Waals surface area (Å²) in [6.45, 7) is 8.49. The molecule has 0 spiro atoms. The van der Waals surface area contributed by atoms with Gasteiger partial charge in [0.2, 0.25) is 0 Å². The number of thiophene rings is 1. The quantitative estimate of drug-likeness (QED) is 0.187. The fourth-order valence-electron chi connectivity index (χ4n) is 4.81. The van der Waals surface area contributed by atoms with Crippen molar-refractivity contribution in [2.75, 3.05) is 20.2 Å². The van der Waals surface area contributed by atoms with Crippen molar-refractivity contribution >= 4 is 57.6 Å². The molecular weight excluding hydrogens is 613 g/mol. The van der Waals surface area contributed by atoms with E-state index in [1.54, 1.807) is 29.4 Å². The Morgan fingerprint density at radius 1 is 1.07 bits per heavy atom. The van der Waals surface area contributed by atoms with E-state index in [1.807, 2.05) is 56.5 Å². The summed E-state index contributed by atoms with van der Waals surface area (Å²) in [5.74, 6) is 0.395. The number of methoxy groups -OCH3 is 1. The minimum absolute atomic E-state index is 0.104. The number of benzene rings is 2. The smallest absolute Gasteiger partial charge is 0.410 e. The first kappa shape index (κ1) is 31.0. The van der Waals surface area contributed by atoms with Crippen LogP contribution in [0.2, 0.25) is 10.0 Å². The van der Waals surface area contributed by atoms with Gasteiger partial charge >= 0.3 is 12.1 Å². The molecule has 12 heteroatoms. The maximum Gasteiger partial charge on any atom is 0.410 e. The lowest BCUT2D eigenvalue weighted by Gasteiger charge is -2.33. The second kappa shape index (κ2) is 12.6. The molecule has 4 aromatic rings. The van der Waals surface area contributed by atoms with Crippen molar-refractivity contribution < 1.29 is 28.5 Å². The average molecular weight is 647 g/mol. The molecule has 1 aliphatic rings. The highest BCUT2D eigenvalue weighted by Gasteiger charge is 2.29. The van der Waals surface area contributed by atoms with Gasteiger partial charge in [0.25, 0.3) is 0 Å². The van der Waals surface area contributed by atoms with Gasteiger partial charge in [0.15, 0.2) is 4.88 Å². The van der Waals surface area contributed by atoms with Gasteiger partial charge < -0.3 is 23.8 Å². The van der Waals surface area contributed by atoms with Gasteiger partial charge in [-0.25, -0.2) is 14.6 Å². The molecule has 1 amide bonds. The summed E-state index contributed by atoms with van der Waals surface area (Å²) in [6, 6.07) is 12.8. The largest absolute Gasteiger partial charge is 0.489 e. The van der Waals surface area contributed by atoms with Crippen molar-refractivity contribution in [3.8, 4) is 16.5 Å². The van der Waals surface area contributed by atoms with E-state index < -0.39 is 17.7 Å². The van der Waals surface area contributed by atoms with Crippen molar-refractivity contribution in [3.05, 3.63) is 69.3 Å². The average Bonchev–Trinajstić information content (AvgIpc) is 3.56. The number of likely N-dealkylation sites (tertiary alicyclic amines) is 1. The molecule has 5 rings (SSSR count). The molecule has 43 heavy (non-hydrogen) atoms. The summed E-state index contributed by atoms with van der Waals surface area (Å²) in [7, 11) is 1.33. The maximum absolute atomic E-state index is 12.7. The Morgan fingerprint density at radius 2 is 1.81 bits per heavy atom. The molecule has 0 aliphatic carbocycles. The van der Waals surface area contributed by atoms with E-state index in [4.69, 9.17) is 42.1 Å². The fourth-order valence-corrected chi connectivity index (χ4v) is 6.30. The number of imidazole rings is 1. The zero-order valence-corrected chi connectivity index (χ0v) is 26.9. The molecule has 3 heterocycles. The van der Waals surface area contributed by atoms with Gasteiger partial charge in [-0.05, 0) is 52.0 Å². The number of aromatic nitrogens is 2. The highest BCUT2D eigenvalue weighted by molar-refractivity contribution is 7.16. The third-order valence-corrected chi connectivity index (χ3v) is 8.66. The standard InChI is InChI=1S/C31H33Cl2N3O6S/c1-18(21-7-6-8-24(27(21)33)41-20-11-13-35(14-12-20)30(38)42-31(2,3)4)40-25-16-26(43-28(25)29(37)39-5)36-17-34-22-15-19(32)9-10-23(22)36/h6-10,15-18,20H,11-14H2,1-5H3/t18-/m1/s1. The number of piperidine rings is 1. The highest BCUT2D eigenvalue weighted by atomic mass is 35.5. The summed E-state index contributed by atoms with van der Waals surface area (Å²) >= 11 is 14.2. The number of hydrogen-bond donors (Lipinski definition) is 0.